The minimum absolute atomic E-state index is 0.247. The smallest absolute Gasteiger partial charge is 0.418 e. The van der Waals surface area contributed by atoms with Gasteiger partial charge in [-0.1, -0.05) is 0 Å². The summed E-state index contributed by atoms with van der Waals surface area (Å²) >= 11 is 0. The zero-order chi connectivity index (χ0) is 14.8. The van der Waals surface area contributed by atoms with Gasteiger partial charge in [-0.15, -0.1) is 0 Å². The Morgan fingerprint density at radius 2 is 1.95 bits per heavy atom. The Hall–Kier alpha value is -1.50. The van der Waals surface area contributed by atoms with E-state index in [-0.39, 0.29) is 6.54 Å². The zero-order valence-electron chi connectivity index (χ0n) is 10.9. The van der Waals surface area contributed by atoms with Gasteiger partial charge < -0.3 is 14.4 Å². The number of rotatable bonds is 5. The number of methoxy groups -OCH3 is 1. The van der Waals surface area contributed by atoms with Crippen LogP contribution >= 0.6 is 0 Å². The fraction of sp³-hybridized carbons (Fsp3) is 0.583. The van der Waals surface area contributed by atoms with Gasteiger partial charge in [0.15, 0.2) is 0 Å². The van der Waals surface area contributed by atoms with Gasteiger partial charge in [0.1, 0.15) is 0 Å². The molecule has 0 bridgehead atoms. The van der Waals surface area contributed by atoms with E-state index in [1.165, 1.54) is 11.7 Å². The maximum absolute atomic E-state index is 12.7. The van der Waals surface area contributed by atoms with E-state index in [0.717, 1.165) is 12.4 Å². The second-order valence-corrected chi connectivity index (χ2v) is 4.84. The van der Waals surface area contributed by atoms with Crippen LogP contribution in [0.25, 0.3) is 0 Å². The molecule has 19 heavy (non-hydrogen) atoms. The largest absolute Gasteiger partial charge is 0.478 e. The van der Waals surface area contributed by atoms with Crippen molar-refractivity contribution in [2.24, 2.45) is 0 Å². The molecule has 1 heterocycles. The second-order valence-electron chi connectivity index (χ2n) is 4.84. The molecule has 7 heteroatoms. The standard InChI is InChI=1S/C12H16F3NO3/c1-11(2,19-3)4-5-16-6-8(10(17)18)9(7-16)12(13,14)15/h6-7H,4-5H2,1-3H3,(H,17,18). The van der Waals surface area contributed by atoms with Crippen LogP contribution in [0.15, 0.2) is 12.4 Å². The molecule has 0 spiro atoms. The summed E-state index contributed by atoms with van der Waals surface area (Å²) in [6.07, 6.45) is -2.39. The molecule has 0 amide bonds. The molecule has 1 aromatic rings. The monoisotopic (exact) mass is 279 g/mol. The summed E-state index contributed by atoms with van der Waals surface area (Å²) in [4.78, 5) is 10.8. The molecule has 0 aliphatic carbocycles. The summed E-state index contributed by atoms with van der Waals surface area (Å²) in [5, 5.41) is 8.78. The number of nitrogens with zero attached hydrogens (tertiary/aromatic N) is 1. The number of ether oxygens (including phenoxy) is 1. The van der Waals surface area contributed by atoms with Crippen LogP contribution in [0.1, 0.15) is 36.2 Å². The lowest BCUT2D eigenvalue weighted by Crippen LogP contribution is -2.24. The molecule has 1 aromatic heterocycles. The summed E-state index contributed by atoms with van der Waals surface area (Å²) in [7, 11) is 1.51. The van der Waals surface area contributed by atoms with Crippen LogP contribution in [0.5, 0.6) is 0 Å². The molecule has 108 valence electrons. The van der Waals surface area contributed by atoms with E-state index in [2.05, 4.69) is 0 Å². The van der Waals surface area contributed by atoms with Crippen LogP contribution in [0.3, 0.4) is 0 Å². The van der Waals surface area contributed by atoms with E-state index < -0.39 is 28.9 Å². The van der Waals surface area contributed by atoms with Gasteiger partial charge in [0.2, 0.25) is 0 Å². The number of carboxylic acids is 1. The molecule has 4 nitrogen and oxygen atoms in total. The molecule has 0 aliphatic rings. The summed E-state index contributed by atoms with van der Waals surface area (Å²) < 4.78 is 44.4. The Morgan fingerprint density at radius 1 is 1.37 bits per heavy atom. The van der Waals surface area contributed by atoms with E-state index in [1.54, 1.807) is 13.8 Å². The summed E-state index contributed by atoms with van der Waals surface area (Å²) in [5.74, 6) is -1.59. The first-order chi connectivity index (χ1) is 8.57. The number of alkyl halides is 3. The first kappa shape index (κ1) is 15.6. The van der Waals surface area contributed by atoms with Crippen molar-refractivity contribution in [1.82, 2.24) is 4.57 Å². The quantitative estimate of drug-likeness (QED) is 0.901. The molecule has 0 saturated carbocycles. The minimum Gasteiger partial charge on any atom is -0.478 e. The number of aryl methyl sites for hydroxylation is 1. The lowest BCUT2D eigenvalue weighted by atomic mass is 10.1. The van der Waals surface area contributed by atoms with Crippen molar-refractivity contribution >= 4 is 5.97 Å². The number of carboxylic acid groups (broad SMARTS) is 1. The molecule has 1 rings (SSSR count). The molecule has 0 aliphatic heterocycles. The molecule has 0 unspecified atom stereocenters. The van der Waals surface area contributed by atoms with Crippen molar-refractivity contribution in [3.63, 3.8) is 0 Å². The van der Waals surface area contributed by atoms with E-state index in [4.69, 9.17) is 9.84 Å². The Labute approximate surface area is 108 Å². The number of carbonyl (C=O) groups is 1. The van der Waals surface area contributed by atoms with E-state index in [9.17, 15) is 18.0 Å². The van der Waals surface area contributed by atoms with Gasteiger partial charge in [-0.3, -0.25) is 0 Å². The number of halogens is 3. The van der Waals surface area contributed by atoms with Gasteiger partial charge in [-0.05, 0) is 20.3 Å². The fourth-order valence-corrected chi connectivity index (χ4v) is 1.53. The zero-order valence-corrected chi connectivity index (χ0v) is 10.9. The highest BCUT2D eigenvalue weighted by molar-refractivity contribution is 5.89. The third kappa shape index (κ3) is 3.99. The number of aromatic carboxylic acids is 1. The fourth-order valence-electron chi connectivity index (χ4n) is 1.53. The molecule has 0 atom stereocenters. The van der Waals surface area contributed by atoms with Crippen molar-refractivity contribution in [2.45, 2.75) is 38.6 Å². The Bertz CT molecular complexity index is 463. The van der Waals surface area contributed by atoms with Crippen molar-refractivity contribution in [3.05, 3.63) is 23.5 Å². The van der Waals surface area contributed by atoms with Crippen molar-refractivity contribution in [2.75, 3.05) is 7.11 Å². The predicted octanol–water partition coefficient (Wildman–Crippen LogP) is 3.02. The SMILES string of the molecule is COC(C)(C)CCn1cc(C(=O)O)c(C(F)(F)F)c1. The predicted molar refractivity (Wildman–Crippen MR) is 62.1 cm³/mol. The molecule has 0 aromatic carbocycles. The normalized spacial score (nSPS) is 12.7. The maximum Gasteiger partial charge on any atom is 0.418 e. The number of aromatic nitrogens is 1. The number of hydrogen-bond donors (Lipinski definition) is 1. The average Bonchev–Trinajstić information content (AvgIpc) is 2.70. The highest BCUT2D eigenvalue weighted by Crippen LogP contribution is 2.33. The van der Waals surface area contributed by atoms with E-state index in [1.807, 2.05) is 0 Å². The molecule has 1 N–H and O–H groups in total. The molecule has 0 saturated heterocycles. The molecular formula is C12H16F3NO3. The van der Waals surface area contributed by atoms with Crippen LogP contribution in [0.4, 0.5) is 13.2 Å². The maximum atomic E-state index is 12.7. The minimum atomic E-state index is -4.67. The van der Waals surface area contributed by atoms with E-state index in [0.29, 0.717) is 6.42 Å². The Balaban J connectivity index is 2.97. The average molecular weight is 279 g/mol. The van der Waals surface area contributed by atoms with Crippen molar-refractivity contribution < 1.29 is 27.8 Å². The third-order valence-corrected chi connectivity index (χ3v) is 2.94. The molecule has 0 radical (unpaired) electrons. The van der Waals surface area contributed by atoms with Crippen LogP contribution in [0, 0.1) is 0 Å². The van der Waals surface area contributed by atoms with Crippen molar-refractivity contribution in [3.8, 4) is 0 Å². The van der Waals surface area contributed by atoms with Gasteiger partial charge in [0.05, 0.1) is 16.7 Å². The number of hydrogen-bond acceptors (Lipinski definition) is 2. The highest BCUT2D eigenvalue weighted by atomic mass is 19.4. The topological polar surface area (TPSA) is 51.5 Å². The van der Waals surface area contributed by atoms with Gasteiger partial charge in [-0.25, -0.2) is 4.79 Å². The lowest BCUT2D eigenvalue weighted by Gasteiger charge is -2.22. The van der Waals surface area contributed by atoms with Gasteiger partial charge >= 0.3 is 12.1 Å². The summed E-state index contributed by atoms with van der Waals surface area (Å²) in [5.41, 5.74) is -2.34. The van der Waals surface area contributed by atoms with Gasteiger partial charge in [0.25, 0.3) is 0 Å². The Kier molecular flexibility index (Phi) is 4.29. The summed E-state index contributed by atoms with van der Waals surface area (Å²) in [6, 6.07) is 0. The molecule has 0 fully saturated rings. The van der Waals surface area contributed by atoms with Gasteiger partial charge in [-0.2, -0.15) is 13.2 Å². The first-order valence-corrected chi connectivity index (χ1v) is 5.62. The second kappa shape index (κ2) is 5.24. The highest BCUT2D eigenvalue weighted by Gasteiger charge is 2.37. The lowest BCUT2D eigenvalue weighted by molar-refractivity contribution is -0.138. The third-order valence-electron chi connectivity index (χ3n) is 2.94. The van der Waals surface area contributed by atoms with Crippen LogP contribution < -0.4 is 0 Å². The van der Waals surface area contributed by atoms with Gasteiger partial charge in [0, 0.05) is 26.0 Å². The van der Waals surface area contributed by atoms with Crippen LogP contribution in [-0.4, -0.2) is 28.4 Å². The first-order valence-electron chi connectivity index (χ1n) is 5.62. The molecular weight excluding hydrogens is 263 g/mol. The van der Waals surface area contributed by atoms with Crippen LogP contribution in [0.2, 0.25) is 0 Å². The van der Waals surface area contributed by atoms with E-state index >= 15 is 0 Å². The Morgan fingerprint density at radius 3 is 2.32 bits per heavy atom. The van der Waals surface area contributed by atoms with Crippen LogP contribution in [-0.2, 0) is 17.5 Å². The summed E-state index contributed by atoms with van der Waals surface area (Å²) in [6.45, 7) is 3.86. The van der Waals surface area contributed by atoms with Crippen molar-refractivity contribution in [1.29, 1.82) is 0 Å².